The molecule has 0 N–H and O–H groups in total. The van der Waals surface area contributed by atoms with Crippen LogP contribution in [0.15, 0.2) is 11.1 Å². The van der Waals surface area contributed by atoms with Crippen molar-refractivity contribution in [2.45, 2.75) is 24.3 Å². The minimum atomic E-state index is -2.59. The first-order chi connectivity index (χ1) is 6.70. The summed E-state index contributed by atoms with van der Waals surface area (Å²) in [5, 5.41) is 4.02. The molecule has 1 aromatic heterocycles. The topological polar surface area (TPSA) is 61.2 Å². The largest absolute Gasteiger partial charge is 0.476 e. The van der Waals surface area contributed by atoms with E-state index in [0.717, 1.165) is 19.4 Å². The zero-order valence-corrected chi connectivity index (χ0v) is 8.37. The fraction of sp³-hybridized carbons (Fsp3) is 0.625. The molecule has 1 aromatic rings. The molecule has 0 amide bonds. The summed E-state index contributed by atoms with van der Waals surface area (Å²) in [4.78, 5) is 0.204. The standard InChI is InChI=1S/C8H10N2O3S/c11-14(12)6-3-9-10-4-8(1-2-8)5-13-7(6)10/h3,14H,1-2,4-5H2. The zero-order chi connectivity index (χ0) is 9.76. The maximum absolute atomic E-state index is 10.8. The van der Waals surface area contributed by atoms with Gasteiger partial charge in [-0.3, -0.25) is 0 Å². The zero-order valence-electron chi connectivity index (χ0n) is 7.47. The number of nitrogens with zero attached hydrogens (tertiary/aromatic N) is 2. The van der Waals surface area contributed by atoms with Crippen LogP contribution in [0.25, 0.3) is 0 Å². The molecule has 0 saturated heterocycles. The molecule has 1 saturated carbocycles. The number of fused-ring (bicyclic) bond motifs is 1. The molecule has 0 radical (unpaired) electrons. The third-order valence-electron chi connectivity index (χ3n) is 2.93. The maximum atomic E-state index is 10.8. The minimum Gasteiger partial charge on any atom is -0.476 e. The molecule has 1 aliphatic heterocycles. The quantitative estimate of drug-likeness (QED) is 0.670. The molecule has 1 spiro atoms. The molecule has 1 aliphatic carbocycles. The highest BCUT2D eigenvalue weighted by Gasteiger charge is 2.47. The molecular formula is C8H10N2O3S. The summed E-state index contributed by atoms with van der Waals surface area (Å²) in [5.41, 5.74) is 0.255. The smallest absolute Gasteiger partial charge is 0.230 e. The third kappa shape index (κ3) is 1.06. The highest BCUT2D eigenvalue weighted by molar-refractivity contribution is 7.72. The molecule has 76 valence electrons. The van der Waals surface area contributed by atoms with Gasteiger partial charge in [-0.15, -0.1) is 0 Å². The van der Waals surface area contributed by atoms with Crippen LogP contribution in [-0.2, 0) is 17.2 Å². The van der Waals surface area contributed by atoms with Crippen molar-refractivity contribution in [2.75, 3.05) is 6.61 Å². The highest BCUT2D eigenvalue weighted by Crippen LogP contribution is 2.50. The summed E-state index contributed by atoms with van der Waals surface area (Å²) in [6, 6.07) is 0. The molecular weight excluding hydrogens is 204 g/mol. The van der Waals surface area contributed by atoms with Crippen molar-refractivity contribution >= 4 is 10.7 Å². The molecule has 0 aromatic carbocycles. The first-order valence-electron chi connectivity index (χ1n) is 4.53. The molecule has 5 nitrogen and oxygen atoms in total. The Labute approximate surface area is 82.6 Å². The van der Waals surface area contributed by atoms with Crippen LogP contribution < -0.4 is 4.74 Å². The molecule has 3 rings (SSSR count). The second-order valence-corrected chi connectivity index (χ2v) is 5.03. The molecule has 0 bridgehead atoms. The summed E-state index contributed by atoms with van der Waals surface area (Å²) in [6.07, 6.45) is 3.68. The number of hydrogen-bond acceptors (Lipinski definition) is 4. The van der Waals surface area contributed by atoms with Crippen LogP contribution in [0, 0.1) is 5.41 Å². The van der Waals surface area contributed by atoms with Crippen LogP contribution in [0.2, 0.25) is 0 Å². The van der Waals surface area contributed by atoms with E-state index in [1.165, 1.54) is 6.20 Å². The number of ether oxygens (including phenoxy) is 1. The van der Waals surface area contributed by atoms with Gasteiger partial charge in [-0.25, -0.2) is 13.1 Å². The average Bonchev–Trinajstić information content (AvgIpc) is 2.77. The molecule has 2 heterocycles. The van der Waals surface area contributed by atoms with Crippen molar-refractivity contribution in [2.24, 2.45) is 5.41 Å². The lowest BCUT2D eigenvalue weighted by atomic mass is 10.1. The van der Waals surface area contributed by atoms with E-state index in [4.69, 9.17) is 4.74 Å². The van der Waals surface area contributed by atoms with E-state index in [2.05, 4.69) is 5.10 Å². The average molecular weight is 214 g/mol. The third-order valence-corrected chi connectivity index (χ3v) is 3.63. The van der Waals surface area contributed by atoms with Gasteiger partial charge in [-0.05, 0) is 12.8 Å². The van der Waals surface area contributed by atoms with Crippen molar-refractivity contribution in [1.29, 1.82) is 0 Å². The summed E-state index contributed by atoms with van der Waals surface area (Å²) >= 11 is 0. The lowest BCUT2D eigenvalue weighted by molar-refractivity contribution is 0.144. The Kier molecular flexibility index (Phi) is 1.48. The van der Waals surface area contributed by atoms with Gasteiger partial charge < -0.3 is 4.74 Å². The number of aromatic nitrogens is 2. The predicted octanol–water partition coefficient (Wildman–Crippen LogP) is 0.0260. The first-order valence-corrected chi connectivity index (χ1v) is 5.71. The highest BCUT2D eigenvalue weighted by atomic mass is 32.2. The minimum absolute atomic E-state index is 0.204. The van der Waals surface area contributed by atoms with E-state index >= 15 is 0 Å². The Balaban J connectivity index is 2.04. The van der Waals surface area contributed by atoms with Gasteiger partial charge in [-0.1, -0.05) is 0 Å². The van der Waals surface area contributed by atoms with E-state index in [9.17, 15) is 8.42 Å². The van der Waals surface area contributed by atoms with Crippen LogP contribution in [-0.4, -0.2) is 24.8 Å². The van der Waals surface area contributed by atoms with E-state index in [1.807, 2.05) is 0 Å². The number of rotatable bonds is 1. The van der Waals surface area contributed by atoms with Gasteiger partial charge in [0.2, 0.25) is 5.88 Å². The second-order valence-electron chi connectivity index (χ2n) is 4.04. The van der Waals surface area contributed by atoms with Gasteiger partial charge in [0, 0.05) is 5.41 Å². The Morgan fingerprint density at radius 1 is 1.50 bits per heavy atom. The van der Waals surface area contributed by atoms with Crippen molar-refractivity contribution in [3.05, 3.63) is 6.20 Å². The summed E-state index contributed by atoms with van der Waals surface area (Å²) in [7, 11) is -2.59. The SMILES string of the molecule is O=[SH](=O)c1cnn2c1OCC1(CC1)C2. The summed E-state index contributed by atoms with van der Waals surface area (Å²) < 4.78 is 28.7. The molecule has 14 heavy (non-hydrogen) atoms. The van der Waals surface area contributed by atoms with Gasteiger partial charge >= 0.3 is 0 Å². The molecule has 6 heteroatoms. The van der Waals surface area contributed by atoms with Gasteiger partial charge in [-0.2, -0.15) is 5.10 Å². The Morgan fingerprint density at radius 2 is 2.29 bits per heavy atom. The Bertz CT molecular complexity index is 451. The normalized spacial score (nSPS) is 22.1. The second kappa shape index (κ2) is 2.50. The number of hydrogen-bond donors (Lipinski definition) is 1. The lowest BCUT2D eigenvalue weighted by Crippen LogP contribution is -2.27. The molecule has 1 fully saturated rings. The van der Waals surface area contributed by atoms with Crippen LogP contribution in [0.1, 0.15) is 12.8 Å². The van der Waals surface area contributed by atoms with Crippen molar-refractivity contribution < 1.29 is 13.2 Å². The van der Waals surface area contributed by atoms with Crippen molar-refractivity contribution in [1.82, 2.24) is 9.78 Å². The molecule has 2 aliphatic rings. The van der Waals surface area contributed by atoms with Gasteiger partial charge in [0.15, 0.2) is 10.7 Å². The van der Waals surface area contributed by atoms with Crippen LogP contribution in [0.4, 0.5) is 0 Å². The Morgan fingerprint density at radius 3 is 2.93 bits per heavy atom. The maximum Gasteiger partial charge on any atom is 0.230 e. The van der Waals surface area contributed by atoms with E-state index < -0.39 is 10.7 Å². The van der Waals surface area contributed by atoms with Gasteiger partial charge in [0.1, 0.15) is 4.90 Å². The van der Waals surface area contributed by atoms with Gasteiger partial charge in [0.05, 0.1) is 19.3 Å². The van der Waals surface area contributed by atoms with Crippen molar-refractivity contribution in [3.8, 4) is 5.88 Å². The molecule has 0 atom stereocenters. The van der Waals surface area contributed by atoms with E-state index in [0.29, 0.717) is 12.5 Å². The fourth-order valence-corrected chi connectivity index (χ4v) is 2.30. The summed E-state index contributed by atoms with van der Waals surface area (Å²) in [5.74, 6) is 0.415. The lowest BCUT2D eigenvalue weighted by Gasteiger charge is -2.23. The monoisotopic (exact) mass is 214 g/mol. The summed E-state index contributed by atoms with van der Waals surface area (Å²) in [6.45, 7) is 1.43. The number of thiol groups is 1. The Hall–Kier alpha value is -1.04. The van der Waals surface area contributed by atoms with E-state index in [-0.39, 0.29) is 10.3 Å². The fourth-order valence-electron chi connectivity index (χ4n) is 1.81. The van der Waals surface area contributed by atoms with E-state index in [1.54, 1.807) is 4.68 Å². The molecule has 0 unspecified atom stereocenters. The van der Waals surface area contributed by atoms with Gasteiger partial charge in [0.25, 0.3) is 0 Å². The predicted molar refractivity (Wildman–Crippen MR) is 48.0 cm³/mol. The van der Waals surface area contributed by atoms with Crippen LogP contribution in [0.5, 0.6) is 5.88 Å². The van der Waals surface area contributed by atoms with Crippen molar-refractivity contribution in [3.63, 3.8) is 0 Å². The van der Waals surface area contributed by atoms with Crippen LogP contribution in [0.3, 0.4) is 0 Å². The van der Waals surface area contributed by atoms with Crippen LogP contribution >= 0.6 is 0 Å². The first kappa shape index (κ1) is 8.28.